The molecule has 3 heterocycles. The summed E-state index contributed by atoms with van der Waals surface area (Å²) in [5, 5.41) is 1.24. The monoisotopic (exact) mass is 281 g/mol. The Bertz CT molecular complexity index is 639. The third-order valence-corrected chi connectivity index (χ3v) is 5.11. The lowest BCUT2D eigenvalue weighted by Crippen LogP contribution is -2.58. The molecule has 1 aromatic carbocycles. The smallest absolute Gasteiger partial charge is 0.0703 e. The van der Waals surface area contributed by atoms with Crippen molar-refractivity contribution >= 4 is 16.6 Å². The van der Waals surface area contributed by atoms with E-state index in [9.17, 15) is 0 Å². The van der Waals surface area contributed by atoms with E-state index < -0.39 is 0 Å². The van der Waals surface area contributed by atoms with Crippen LogP contribution < -0.4 is 4.90 Å². The van der Waals surface area contributed by atoms with Crippen LogP contribution in [0.25, 0.3) is 10.9 Å². The molecule has 110 valence electrons. The van der Waals surface area contributed by atoms with Gasteiger partial charge in [-0.2, -0.15) is 0 Å². The molecule has 21 heavy (non-hydrogen) atoms. The van der Waals surface area contributed by atoms with Crippen LogP contribution >= 0.6 is 0 Å². The zero-order chi connectivity index (χ0) is 14.2. The number of rotatable bonds is 1. The molecule has 3 nitrogen and oxygen atoms in total. The second kappa shape index (κ2) is 5.30. The Hall–Kier alpha value is -1.61. The molecule has 2 fully saturated rings. The van der Waals surface area contributed by atoms with Crippen molar-refractivity contribution in [2.24, 2.45) is 0 Å². The van der Waals surface area contributed by atoms with Gasteiger partial charge in [-0.1, -0.05) is 12.5 Å². The molecule has 0 bridgehead atoms. The summed E-state index contributed by atoms with van der Waals surface area (Å²) in [6, 6.07) is 12.2. The second-order valence-electron chi connectivity index (χ2n) is 6.53. The number of benzene rings is 1. The van der Waals surface area contributed by atoms with E-state index in [0.717, 1.165) is 11.6 Å². The van der Waals surface area contributed by atoms with Crippen LogP contribution in [0, 0.1) is 0 Å². The summed E-state index contributed by atoms with van der Waals surface area (Å²) in [5.41, 5.74) is 2.44. The molecule has 0 spiro atoms. The minimum atomic E-state index is 0.591. The standard InChI is InChI=1S/C18H23N3/c1-14-12-20-10-3-2-6-17(20)13-21(14)16-7-8-18-15(11-16)5-4-9-19-18/h4-5,7-9,11,14,17H,2-3,6,10,12-13H2,1H3. The Morgan fingerprint density at radius 2 is 2.10 bits per heavy atom. The number of hydrogen-bond donors (Lipinski definition) is 0. The first kappa shape index (κ1) is 13.1. The molecule has 2 saturated heterocycles. The fourth-order valence-electron chi connectivity index (χ4n) is 3.95. The molecule has 4 rings (SSSR count). The first-order valence-electron chi connectivity index (χ1n) is 8.17. The topological polar surface area (TPSA) is 19.4 Å². The molecule has 1 aromatic heterocycles. The lowest BCUT2D eigenvalue weighted by molar-refractivity contribution is 0.115. The minimum Gasteiger partial charge on any atom is -0.366 e. The zero-order valence-electron chi connectivity index (χ0n) is 12.7. The van der Waals surface area contributed by atoms with Crippen molar-refractivity contribution in [2.75, 3.05) is 24.5 Å². The van der Waals surface area contributed by atoms with Gasteiger partial charge in [-0.15, -0.1) is 0 Å². The summed E-state index contributed by atoms with van der Waals surface area (Å²) in [4.78, 5) is 9.72. The third kappa shape index (κ3) is 2.40. The van der Waals surface area contributed by atoms with E-state index in [4.69, 9.17) is 0 Å². The van der Waals surface area contributed by atoms with E-state index in [2.05, 4.69) is 46.0 Å². The molecular formula is C18H23N3. The Kier molecular flexibility index (Phi) is 3.30. The van der Waals surface area contributed by atoms with Crippen molar-refractivity contribution in [3.8, 4) is 0 Å². The quantitative estimate of drug-likeness (QED) is 0.799. The molecule has 3 heteroatoms. The van der Waals surface area contributed by atoms with Crippen LogP contribution in [0.2, 0.25) is 0 Å². The lowest BCUT2D eigenvalue weighted by Gasteiger charge is -2.48. The molecule has 2 aliphatic heterocycles. The van der Waals surface area contributed by atoms with E-state index in [1.165, 1.54) is 50.0 Å². The van der Waals surface area contributed by atoms with Crippen molar-refractivity contribution in [3.63, 3.8) is 0 Å². The predicted octanol–water partition coefficient (Wildman–Crippen LogP) is 3.30. The molecule has 2 aliphatic rings. The van der Waals surface area contributed by atoms with E-state index >= 15 is 0 Å². The molecule has 0 amide bonds. The maximum Gasteiger partial charge on any atom is 0.0703 e. The Labute approximate surface area is 126 Å². The lowest BCUT2D eigenvalue weighted by atomic mass is 9.96. The average molecular weight is 281 g/mol. The molecule has 2 unspecified atom stereocenters. The average Bonchev–Trinajstić information content (AvgIpc) is 2.54. The van der Waals surface area contributed by atoms with Gasteiger partial charge in [-0.05, 0) is 50.6 Å². The van der Waals surface area contributed by atoms with Gasteiger partial charge in [-0.25, -0.2) is 0 Å². The van der Waals surface area contributed by atoms with Crippen LogP contribution in [-0.4, -0.2) is 41.6 Å². The molecule has 0 aliphatic carbocycles. The summed E-state index contributed by atoms with van der Waals surface area (Å²) in [6.07, 6.45) is 6.00. The van der Waals surface area contributed by atoms with Crippen molar-refractivity contribution in [2.45, 2.75) is 38.3 Å². The highest BCUT2D eigenvalue weighted by atomic mass is 15.3. The number of pyridine rings is 1. The molecule has 0 N–H and O–H groups in total. The van der Waals surface area contributed by atoms with Crippen molar-refractivity contribution in [3.05, 3.63) is 36.5 Å². The van der Waals surface area contributed by atoms with E-state index in [1.54, 1.807) is 0 Å². The fourth-order valence-corrected chi connectivity index (χ4v) is 3.95. The van der Waals surface area contributed by atoms with Crippen LogP contribution in [0.4, 0.5) is 5.69 Å². The molecule has 0 radical (unpaired) electrons. The number of nitrogens with zero attached hydrogens (tertiary/aromatic N) is 3. The van der Waals surface area contributed by atoms with Crippen molar-refractivity contribution < 1.29 is 0 Å². The highest BCUT2D eigenvalue weighted by molar-refractivity contribution is 5.82. The van der Waals surface area contributed by atoms with E-state index in [0.29, 0.717) is 6.04 Å². The number of anilines is 1. The predicted molar refractivity (Wildman–Crippen MR) is 87.8 cm³/mol. The normalized spacial score (nSPS) is 26.8. The molecule has 2 atom stereocenters. The van der Waals surface area contributed by atoms with Crippen LogP contribution in [0.1, 0.15) is 26.2 Å². The Morgan fingerprint density at radius 3 is 3.05 bits per heavy atom. The Morgan fingerprint density at radius 1 is 1.14 bits per heavy atom. The maximum atomic E-state index is 4.43. The van der Waals surface area contributed by atoms with Gasteiger partial charge in [0.1, 0.15) is 0 Å². The fraction of sp³-hybridized carbons (Fsp3) is 0.500. The number of hydrogen-bond acceptors (Lipinski definition) is 3. The zero-order valence-corrected chi connectivity index (χ0v) is 12.7. The van der Waals surface area contributed by atoms with Gasteiger partial charge in [0.2, 0.25) is 0 Å². The first-order chi connectivity index (χ1) is 10.3. The summed E-state index contributed by atoms with van der Waals surface area (Å²) in [7, 11) is 0. The maximum absolute atomic E-state index is 4.43. The van der Waals surface area contributed by atoms with Gasteiger partial charge in [0.25, 0.3) is 0 Å². The number of piperazine rings is 1. The van der Waals surface area contributed by atoms with E-state index in [-0.39, 0.29) is 0 Å². The largest absolute Gasteiger partial charge is 0.366 e. The highest BCUT2D eigenvalue weighted by Gasteiger charge is 2.32. The summed E-state index contributed by atoms with van der Waals surface area (Å²) >= 11 is 0. The van der Waals surface area contributed by atoms with Gasteiger partial charge in [0.05, 0.1) is 5.52 Å². The van der Waals surface area contributed by atoms with Crippen LogP contribution in [0.15, 0.2) is 36.5 Å². The number of aromatic nitrogens is 1. The minimum absolute atomic E-state index is 0.591. The molecular weight excluding hydrogens is 258 g/mol. The van der Waals surface area contributed by atoms with Crippen LogP contribution in [0.3, 0.4) is 0 Å². The van der Waals surface area contributed by atoms with Gasteiger partial charge < -0.3 is 4.90 Å². The SMILES string of the molecule is CC1CN2CCCCC2CN1c1ccc2ncccc2c1. The third-order valence-electron chi connectivity index (χ3n) is 5.11. The van der Waals surface area contributed by atoms with Crippen LogP contribution in [0.5, 0.6) is 0 Å². The van der Waals surface area contributed by atoms with Gasteiger partial charge in [-0.3, -0.25) is 9.88 Å². The second-order valence-corrected chi connectivity index (χ2v) is 6.53. The summed E-state index contributed by atoms with van der Waals surface area (Å²) in [6.45, 7) is 6.03. The highest BCUT2D eigenvalue weighted by Crippen LogP contribution is 2.29. The molecule has 2 aromatic rings. The number of fused-ring (bicyclic) bond motifs is 2. The Balaban J connectivity index is 1.64. The van der Waals surface area contributed by atoms with Crippen molar-refractivity contribution in [1.82, 2.24) is 9.88 Å². The van der Waals surface area contributed by atoms with Crippen molar-refractivity contribution in [1.29, 1.82) is 0 Å². The van der Waals surface area contributed by atoms with E-state index in [1.807, 2.05) is 12.3 Å². The van der Waals surface area contributed by atoms with Crippen LogP contribution in [-0.2, 0) is 0 Å². The molecule has 0 saturated carbocycles. The first-order valence-corrected chi connectivity index (χ1v) is 8.17. The van der Waals surface area contributed by atoms with Gasteiger partial charge in [0, 0.05) is 42.4 Å². The number of piperidine rings is 1. The van der Waals surface area contributed by atoms with Gasteiger partial charge >= 0.3 is 0 Å². The summed E-state index contributed by atoms with van der Waals surface area (Å²) in [5.74, 6) is 0. The van der Waals surface area contributed by atoms with Gasteiger partial charge in [0.15, 0.2) is 0 Å². The summed E-state index contributed by atoms with van der Waals surface area (Å²) < 4.78 is 0.